The third-order valence-corrected chi connectivity index (χ3v) is 0. The fourth-order valence-electron chi connectivity index (χ4n) is 0. The smallest absolute Gasteiger partial charge is 2.00 e. The SMILES string of the molecule is [O-2].[O]=[Sb]([OH])([OH])[OH].[Zn+2]. The molecular formula is H3O5SbZn. The van der Waals surface area contributed by atoms with Crippen LogP contribution in [0.5, 0.6) is 0 Å². The number of hydrogen-bond donors (Lipinski definition) is 3. The van der Waals surface area contributed by atoms with Crippen molar-refractivity contribution in [1.82, 2.24) is 0 Å². The van der Waals surface area contributed by atoms with Gasteiger partial charge in [-0.15, -0.1) is 0 Å². The van der Waals surface area contributed by atoms with Crippen molar-refractivity contribution in [3.05, 3.63) is 0 Å². The second kappa shape index (κ2) is 5.22. The average Bonchev–Trinajstić information content (AvgIpc) is 0.722. The molecule has 3 N–H and O–H groups in total. The molecule has 0 bridgehead atoms. The standard InChI is InChI=1S/3H2O.2O.Sb.Zn/h3*1H2;;;;/q;;;;-2;+3;+2/p-3. The monoisotopic (exact) mass is 268 g/mol. The van der Waals surface area contributed by atoms with Crippen LogP contribution in [0.4, 0.5) is 0 Å². The predicted molar refractivity (Wildman–Crippen MR) is 13.8 cm³/mol. The van der Waals surface area contributed by atoms with Crippen LogP contribution in [0.2, 0.25) is 0 Å². The molecule has 0 amide bonds. The maximum Gasteiger partial charge on any atom is 2.00 e. The first-order valence-corrected chi connectivity index (χ1v) is 5.25. The quantitative estimate of drug-likeness (QED) is 0.431. The van der Waals surface area contributed by atoms with E-state index >= 15 is 0 Å². The molecule has 7 heavy (non-hydrogen) atoms. The molecule has 7 heteroatoms. The molecule has 5 nitrogen and oxygen atoms in total. The predicted octanol–water partition coefficient (Wildman–Crippen LogP) is -2.29. The molecule has 0 spiro atoms. The van der Waals surface area contributed by atoms with Gasteiger partial charge in [0.15, 0.2) is 0 Å². The Morgan fingerprint density at radius 2 is 1.14 bits per heavy atom. The van der Waals surface area contributed by atoms with Crippen molar-refractivity contribution in [3.63, 3.8) is 0 Å². The molecule has 0 rings (SSSR count). The Hall–Kier alpha value is 1.08. The summed E-state index contributed by atoms with van der Waals surface area (Å²) in [6.07, 6.45) is 0. The first-order chi connectivity index (χ1) is 2.00. The normalized spacial score (nSPS) is 8.43. The summed E-state index contributed by atoms with van der Waals surface area (Å²) in [4.78, 5) is 0. The van der Waals surface area contributed by atoms with Crippen LogP contribution in [-0.2, 0) is 28.0 Å². The van der Waals surface area contributed by atoms with Crippen LogP contribution in [0.1, 0.15) is 0 Å². The van der Waals surface area contributed by atoms with Crippen LogP contribution in [-0.4, -0.2) is 30.2 Å². The summed E-state index contributed by atoms with van der Waals surface area (Å²) in [7, 11) is 0. The largest absolute Gasteiger partial charge is 2.00 e. The Kier molecular flexibility index (Phi) is 11.7. The average molecular weight is 270 g/mol. The fourth-order valence-corrected chi connectivity index (χ4v) is 0. The molecule has 40 valence electrons. The zero-order valence-electron chi connectivity index (χ0n) is 3.31. The van der Waals surface area contributed by atoms with E-state index in [1.165, 1.54) is 0 Å². The first-order valence-electron chi connectivity index (χ1n) is 0.783. The zero-order valence-corrected chi connectivity index (χ0v) is 8.83. The van der Waals surface area contributed by atoms with E-state index in [2.05, 4.69) is 0 Å². The van der Waals surface area contributed by atoms with Gasteiger partial charge in [-0.2, -0.15) is 0 Å². The number of rotatable bonds is 0. The van der Waals surface area contributed by atoms with Gasteiger partial charge in [-0.1, -0.05) is 0 Å². The van der Waals surface area contributed by atoms with Crippen LogP contribution >= 0.6 is 0 Å². The molecule has 0 atom stereocenters. The Balaban J connectivity index is -0.0000000800. The van der Waals surface area contributed by atoms with Crippen molar-refractivity contribution >= 4 is 20.1 Å². The first kappa shape index (κ1) is 15.7. The number of hydrogen-bond acceptors (Lipinski definition) is 1. The second-order valence-electron chi connectivity index (χ2n) is 0.513. The van der Waals surface area contributed by atoms with Gasteiger partial charge in [0.05, 0.1) is 0 Å². The van der Waals surface area contributed by atoms with E-state index in [-0.39, 0.29) is 25.0 Å². The maximum atomic E-state index is 8.97. The van der Waals surface area contributed by atoms with Crippen LogP contribution in [0.3, 0.4) is 0 Å². The summed E-state index contributed by atoms with van der Waals surface area (Å²) >= 11 is -5.35. The minimum atomic E-state index is -5.35. The fraction of sp³-hybridized carbons (Fsp3) is 0. The van der Waals surface area contributed by atoms with Crippen LogP contribution in [0.15, 0.2) is 0 Å². The summed E-state index contributed by atoms with van der Waals surface area (Å²) in [5.41, 5.74) is 0. The Morgan fingerprint density at radius 1 is 1.14 bits per heavy atom. The van der Waals surface area contributed by atoms with Gasteiger partial charge in [0.25, 0.3) is 0 Å². The molecule has 0 saturated carbocycles. The Morgan fingerprint density at radius 3 is 1.14 bits per heavy atom. The van der Waals surface area contributed by atoms with Gasteiger partial charge in [-0.05, 0) is 0 Å². The molecule has 0 aliphatic rings. The van der Waals surface area contributed by atoms with Crippen LogP contribution in [0.25, 0.3) is 0 Å². The van der Waals surface area contributed by atoms with Crippen LogP contribution < -0.4 is 0 Å². The minimum Gasteiger partial charge on any atom is 2.00 e. The summed E-state index contributed by atoms with van der Waals surface area (Å²) in [6, 6.07) is 0. The molecule has 0 heterocycles. The van der Waals surface area contributed by atoms with E-state index in [1.54, 1.807) is 0 Å². The molecule has 0 aromatic carbocycles. The topological polar surface area (TPSA) is 106 Å². The maximum absolute atomic E-state index is 8.97. The van der Waals surface area contributed by atoms with Gasteiger partial charge < -0.3 is 5.48 Å². The van der Waals surface area contributed by atoms with Gasteiger partial charge in [0.1, 0.15) is 0 Å². The minimum absolute atomic E-state index is 0. The Labute approximate surface area is 58.1 Å². The van der Waals surface area contributed by atoms with Crippen molar-refractivity contribution in [2.24, 2.45) is 0 Å². The van der Waals surface area contributed by atoms with E-state index in [0.717, 1.165) is 0 Å². The molecule has 0 radical (unpaired) electrons. The summed E-state index contributed by atoms with van der Waals surface area (Å²) in [5.74, 6) is 0. The van der Waals surface area contributed by atoms with E-state index in [9.17, 15) is 0 Å². The second-order valence-corrected chi connectivity index (χ2v) is 3.44. The molecule has 0 unspecified atom stereocenters. The molecule has 0 fully saturated rings. The molecule has 0 aromatic rings. The van der Waals surface area contributed by atoms with E-state index in [1.807, 2.05) is 0 Å². The third kappa shape index (κ3) is 156. The van der Waals surface area contributed by atoms with Crippen molar-refractivity contribution in [2.75, 3.05) is 0 Å². The van der Waals surface area contributed by atoms with Gasteiger partial charge in [0, 0.05) is 0 Å². The van der Waals surface area contributed by atoms with E-state index < -0.39 is 20.1 Å². The van der Waals surface area contributed by atoms with E-state index in [4.69, 9.17) is 13.2 Å². The molecule has 0 saturated heterocycles. The van der Waals surface area contributed by atoms with Gasteiger partial charge >= 0.3 is 52.7 Å². The molecule has 0 aliphatic heterocycles. The van der Waals surface area contributed by atoms with Crippen molar-refractivity contribution in [2.45, 2.75) is 0 Å². The summed E-state index contributed by atoms with van der Waals surface area (Å²) in [6.45, 7) is 0. The molecular weight excluding hydrogens is 267 g/mol. The Bertz CT molecular complexity index is 54.2. The third-order valence-electron chi connectivity index (χ3n) is 0. The van der Waals surface area contributed by atoms with Gasteiger partial charge in [-0.25, -0.2) is 0 Å². The zero-order chi connectivity index (χ0) is 4.50. The van der Waals surface area contributed by atoms with Crippen molar-refractivity contribution in [3.8, 4) is 0 Å². The molecule has 0 aromatic heterocycles. The molecule has 0 aliphatic carbocycles. The van der Waals surface area contributed by atoms with Gasteiger partial charge in [0.2, 0.25) is 0 Å². The van der Waals surface area contributed by atoms with Crippen LogP contribution in [0, 0.1) is 0 Å². The van der Waals surface area contributed by atoms with Crippen molar-refractivity contribution < 1.29 is 38.1 Å². The van der Waals surface area contributed by atoms with Gasteiger partial charge in [-0.3, -0.25) is 0 Å². The summed E-state index contributed by atoms with van der Waals surface area (Å²) < 4.78 is 30.8. The summed E-state index contributed by atoms with van der Waals surface area (Å²) in [5, 5.41) is 0. The van der Waals surface area contributed by atoms with E-state index in [0.29, 0.717) is 0 Å². The van der Waals surface area contributed by atoms with Crippen molar-refractivity contribution in [1.29, 1.82) is 0 Å².